The van der Waals surface area contributed by atoms with Crippen molar-refractivity contribution in [3.63, 3.8) is 0 Å². The number of aromatic nitrogens is 1. The molecule has 0 spiro atoms. The summed E-state index contributed by atoms with van der Waals surface area (Å²) in [5.41, 5.74) is 5.69. The van der Waals surface area contributed by atoms with Crippen LogP contribution < -0.4 is 0 Å². The molecule has 1 aliphatic carbocycles. The lowest BCUT2D eigenvalue weighted by atomic mass is 9.76. The zero-order valence-electron chi connectivity index (χ0n) is 12.7. The van der Waals surface area contributed by atoms with Crippen molar-refractivity contribution in [1.82, 2.24) is 4.57 Å². The Labute approximate surface area is 120 Å². The Bertz CT molecular complexity index is 691. The summed E-state index contributed by atoms with van der Waals surface area (Å²) in [4.78, 5) is 12.4. The van der Waals surface area contributed by atoms with Gasteiger partial charge in [-0.25, -0.2) is 0 Å². The average Bonchev–Trinajstić information content (AvgIpc) is 2.64. The van der Waals surface area contributed by atoms with Crippen LogP contribution in [0.15, 0.2) is 30.3 Å². The van der Waals surface area contributed by atoms with Gasteiger partial charge in [0.05, 0.1) is 0 Å². The summed E-state index contributed by atoms with van der Waals surface area (Å²) < 4.78 is 2.25. The number of hydrogen-bond donors (Lipinski definition) is 0. The van der Waals surface area contributed by atoms with E-state index in [1.807, 2.05) is 0 Å². The fourth-order valence-corrected chi connectivity index (χ4v) is 3.28. The quantitative estimate of drug-likeness (QED) is 0.757. The number of hydrogen-bond acceptors (Lipinski definition) is 1. The van der Waals surface area contributed by atoms with E-state index in [9.17, 15) is 4.79 Å². The first-order valence-electron chi connectivity index (χ1n) is 7.19. The van der Waals surface area contributed by atoms with Crippen LogP contribution >= 0.6 is 0 Å². The highest BCUT2D eigenvalue weighted by Crippen LogP contribution is 2.37. The highest BCUT2D eigenvalue weighted by Gasteiger charge is 2.34. The molecule has 0 N–H and O–H groups in total. The van der Waals surface area contributed by atoms with Crippen LogP contribution in [0.1, 0.15) is 47.6 Å². The van der Waals surface area contributed by atoms with E-state index >= 15 is 0 Å². The maximum absolute atomic E-state index is 12.4. The summed E-state index contributed by atoms with van der Waals surface area (Å²) in [5.74, 6) is 0.283. The molecule has 0 fully saturated rings. The molecule has 2 heteroatoms. The molecule has 0 bridgehead atoms. The van der Waals surface area contributed by atoms with Gasteiger partial charge in [-0.15, -0.1) is 0 Å². The van der Waals surface area contributed by atoms with Gasteiger partial charge in [0.1, 0.15) is 0 Å². The van der Waals surface area contributed by atoms with Crippen molar-refractivity contribution in [2.45, 2.75) is 40.5 Å². The smallest absolute Gasteiger partial charge is 0.165 e. The van der Waals surface area contributed by atoms with Crippen LogP contribution in [0.2, 0.25) is 0 Å². The third-order valence-electron chi connectivity index (χ3n) is 4.13. The van der Waals surface area contributed by atoms with Crippen LogP contribution in [0.25, 0.3) is 5.69 Å². The Morgan fingerprint density at radius 1 is 1.10 bits per heavy atom. The van der Waals surface area contributed by atoms with E-state index in [4.69, 9.17) is 0 Å². The maximum Gasteiger partial charge on any atom is 0.165 e. The number of benzene rings is 1. The molecule has 1 aromatic heterocycles. The Balaban J connectivity index is 2.21. The standard InChI is InChI=1S/C18H21NO/c1-12-6-5-7-14(8-12)19-13(2)9-15-16(19)10-18(3,4)11-17(15)20/h5-9H,10-11H2,1-4H3. The molecule has 1 aromatic carbocycles. The van der Waals surface area contributed by atoms with E-state index in [2.05, 4.69) is 62.6 Å². The molecule has 3 rings (SSSR count). The lowest BCUT2D eigenvalue weighted by molar-refractivity contribution is 0.0911. The minimum atomic E-state index is 0.0520. The molecule has 0 unspecified atom stereocenters. The van der Waals surface area contributed by atoms with Crippen molar-refractivity contribution >= 4 is 5.78 Å². The first kappa shape index (κ1) is 13.2. The number of rotatable bonds is 1. The number of Topliss-reactive ketones (excluding diaryl/α,β-unsaturated/α-hetero) is 1. The number of carbonyl (C=O) groups excluding carboxylic acids is 1. The van der Waals surface area contributed by atoms with Gasteiger partial charge in [-0.1, -0.05) is 26.0 Å². The second-order valence-electron chi connectivity index (χ2n) is 6.76. The van der Waals surface area contributed by atoms with Crippen LogP contribution in [0.5, 0.6) is 0 Å². The van der Waals surface area contributed by atoms with Gasteiger partial charge in [-0.3, -0.25) is 4.79 Å². The minimum absolute atomic E-state index is 0.0520. The second kappa shape index (κ2) is 4.34. The molecular weight excluding hydrogens is 246 g/mol. The van der Waals surface area contributed by atoms with Gasteiger partial charge in [0, 0.05) is 29.1 Å². The molecule has 0 radical (unpaired) electrons. The molecule has 1 aliphatic rings. The number of aryl methyl sites for hydroxylation is 2. The van der Waals surface area contributed by atoms with Crippen LogP contribution in [0, 0.1) is 19.3 Å². The predicted octanol–water partition coefficient (Wildman–Crippen LogP) is 4.25. The van der Waals surface area contributed by atoms with E-state index in [0.717, 1.165) is 23.4 Å². The fourth-order valence-electron chi connectivity index (χ4n) is 3.28. The molecule has 20 heavy (non-hydrogen) atoms. The minimum Gasteiger partial charge on any atom is -0.317 e. The van der Waals surface area contributed by atoms with Gasteiger partial charge in [0.25, 0.3) is 0 Å². The largest absolute Gasteiger partial charge is 0.317 e. The Morgan fingerprint density at radius 3 is 2.55 bits per heavy atom. The van der Waals surface area contributed by atoms with E-state index in [1.54, 1.807) is 0 Å². The zero-order chi connectivity index (χ0) is 14.5. The summed E-state index contributed by atoms with van der Waals surface area (Å²) in [6, 6.07) is 10.5. The van der Waals surface area contributed by atoms with Crippen molar-refractivity contribution < 1.29 is 4.79 Å². The molecule has 0 saturated heterocycles. The maximum atomic E-state index is 12.4. The summed E-state index contributed by atoms with van der Waals surface area (Å²) in [5, 5.41) is 0. The van der Waals surface area contributed by atoms with Crippen LogP contribution in [0.3, 0.4) is 0 Å². The van der Waals surface area contributed by atoms with Gasteiger partial charge >= 0.3 is 0 Å². The predicted molar refractivity (Wildman–Crippen MR) is 81.7 cm³/mol. The van der Waals surface area contributed by atoms with Crippen LogP contribution in [0.4, 0.5) is 0 Å². The fraction of sp³-hybridized carbons (Fsp3) is 0.389. The molecule has 0 aliphatic heterocycles. The van der Waals surface area contributed by atoms with Gasteiger partial charge in [-0.05, 0) is 49.4 Å². The van der Waals surface area contributed by atoms with Crippen LogP contribution in [-0.2, 0) is 6.42 Å². The first-order valence-corrected chi connectivity index (χ1v) is 7.19. The number of ketones is 1. The Hall–Kier alpha value is -1.83. The summed E-state index contributed by atoms with van der Waals surface area (Å²) in [6.45, 7) is 8.54. The van der Waals surface area contributed by atoms with E-state index in [-0.39, 0.29) is 11.2 Å². The van der Waals surface area contributed by atoms with Gasteiger partial charge in [-0.2, -0.15) is 0 Å². The number of fused-ring (bicyclic) bond motifs is 1. The lowest BCUT2D eigenvalue weighted by Crippen LogP contribution is -2.27. The third kappa shape index (κ3) is 2.09. The summed E-state index contributed by atoms with van der Waals surface area (Å²) in [6.07, 6.45) is 1.60. The SMILES string of the molecule is Cc1cccc(-n2c(C)cc3c2CC(C)(C)CC3=O)c1. The lowest BCUT2D eigenvalue weighted by Gasteiger charge is -2.30. The van der Waals surface area contributed by atoms with Gasteiger partial charge < -0.3 is 4.57 Å². The van der Waals surface area contributed by atoms with Gasteiger partial charge in [0.2, 0.25) is 0 Å². The highest BCUT2D eigenvalue weighted by molar-refractivity contribution is 5.99. The van der Waals surface area contributed by atoms with Crippen molar-refractivity contribution in [2.24, 2.45) is 5.41 Å². The van der Waals surface area contributed by atoms with Crippen molar-refractivity contribution in [1.29, 1.82) is 0 Å². The van der Waals surface area contributed by atoms with E-state index in [0.29, 0.717) is 6.42 Å². The topological polar surface area (TPSA) is 22.0 Å². The molecule has 0 amide bonds. The summed E-state index contributed by atoms with van der Waals surface area (Å²) >= 11 is 0. The number of nitrogens with zero attached hydrogens (tertiary/aromatic N) is 1. The van der Waals surface area contributed by atoms with Crippen molar-refractivity contribution in [3.05, 3.63) is 52.8 Å². The Morgan fingerprint density at radius 2 is 1.85 bits per heavy atom. The summed E-state index contributed by atoms with van der Waals surface area (Å²) in [7, 11) is 0. The number of carbonyl (C=O) groups is 1. The monoisotopic (exact) mass is 267 g/mol. The van der Waals surface area contributed by atoms with Crippen molar-refractivity contribution in [2.75, 3.05) is 0 Å². The first-order chi connectivity index (χ1) is 9.37. The molecule has 0 saturated carbocycles. The highest BCUT2D eigenvalue weighted by atomic mass is 16.1. The van der Waals surface area contributed by atoms with E-state index < -0.39 is 0 Å². The van der Waals surface area contributed by atoms with Gasteiger partial charge in [0.15, 0.2) is 5.78 Å². The Kier molecular flexibility index (Phi) is 2.86. The molecule has 0 atom stereocenters. The molecule has 2 aromatic rings. The second-order valence-corrected chi connectivity index (χ2v) is 6.76. The van der Waals surface area contributed by atoms with Crippen molar-refractivity contribution in [3.8, 4) is 5.69 Å². The molecule has 1 heterocycles. The molecular formula is C18H21NO. The normalized spacial score (nSPS) is 17.1. The van der Waals surface area contributed by atoms with Crippen LogP contribution in [-0.4, -0.2) is 10.4 Å². The molecule has 104 valence electrons. The zero-order valence-corrected chi connectivity index (χ0v) is 12.7. The van der Waals surface area contributed by atoms with E-state index in [1.165, 1.54) is 11.3 Å². The molecule has 2 nitrogen and oxygen atoms in total. The third-order valence-corrected chi connectivity index (χ3v) is 4.13. The average molecular weight is 267 g/mol.